The van der Waals surface area contributed by atoms with Crippen molar-refractivity contribution in [3.8, 4) is 0 Å². The van der Waals surface area contributed by atoms with Gasteiger partial charge in [0.25, 0.3) is 0 Å². The molecule has 0 rings (SSSR count). The molecule has 0 bridgehead atoms. The summed E-state index contributed by atoms with van der Waals surface area (Å²) >= 11 is 0. The molecule has 0 aliphatic heterocycles. The van der Waals surface area contributed by atoms with Crippen molar-refractivity contribution in [2.45, 2.75) is 85.5 Å². The highest BCUT2D eigenvalue weighted by molar-refractivity contribution is 7.52. The quantitative estimate of drug-likeness (QED) is 0.165. The molecule has 2 atom stereocenters. The molecule has 0 aliphatic carbocycles. The van der Waals surface area contributed by atoms with Crippen LogP contribution in [0.4, 0.5) is 0 Å². The van der Waals surface area contributed by atoms with Crippen LogP contribution in [0.15, 0.2) is 12.7 Å². The van der Waals surface area contributed by atoms with Gasteiger partial charge in [0.15, 0.2) is 0 Å². The fraction of sp³-hybridized carbons (Fsp3) is 0.850. The zero-order chi connectivity index (χ0) is 24.2. The molecule has 10 heteroatoms. The van der Waals surface area contributed by atoms with E-state index >= 15 is 0 Å². The monoisotopic (exact) mass is 474 g/mol. The van der Waals surface area contributed by atoms with Gasteiger partial charge in [0.1, 0.15) is 0 Å². The van der Waals surface area contributed by atoms with Crippen LogP contribution in [-0.2, 0) is 13.9 Å². The second-order valence-electron chi connectivity index (χ2n) is 7.41. The van der Waals surface area contributed by atoms with Gasteiger partial charge in [0, 0.05) is 0 Å². The molecule has 0 radical (unpaired) electrons. The third-order valence-corrected chi connectivity index (χ3v) is 6.38. The average Bonchev–Trinajstić information content (AvgIpc) is 2.61. The van der Waals surface area contributed by atoms with E-state index in [0.717, 1.165) is 51.4 Å². The Hall–Kier alpha value is -0.490. The zero-order valence-corrected chi connectivity index (χ0v) is 20.9. The second-order valence-corrected chi connectivity index (χ2v) is 10.8. The van der Waals surface area contributed by atoms with Crippen LogP contribution in [0.3, 0.4) is 0 Å². The Bertz CT molecular complexity index is 477. The van der Waals surface area contributed by atoms with E-state index in [9.17, 15) is 13.9 Å². The first-order chi connectivity index (χ1) is 13.8. The molecular formula is C20H44O8P2. The summed E-state index contributed by atoms with van der Waals surface area (Å²) in [5.74, 6) is -0.429. The minimum atomic E-state index is -3.78. The standard InChI is InChI=1S/2C8H19O3P.C4H6O2/c2*1-3-5-6-8(4-2)7-12(9,10)11;1-2-3-4(5)6/h2*8H,3-7H2,1-2H3,(H2,9,10,11);2H,1,3H2,(H,5,6). The molecule has 0 fully saturated rings. The Kier molecular flexibility index (Phi) is 23.2. The molecule has 0 aromatic heterocycles. The van der Waals surface area contributed by atoms with Crippen molar-refractivity contribution < 1.29 is 38.6 Å². The lowest BCUT2D eigenvalue weighted by atomic mass is 10.0. The first kappa shape index (κ1) is 34.1. The largest absolute Gasteiger partial charge is 0.481 e. The highest BCUT2D eigenvalue weighted by Crippen LogP contribution is 2.39. The average molecular weight is 475 g/mol. The van der Waals surface area contributed by atoms with E-state index in [0.29, 0.717) is 0 Å². The Morgan fingerprint density at radius 2 is 1.17 bits per heavy atom. The summed E-state index contributed by atoms with van der Waals surface area (Å²) in [4.78, 5) is 44.4. The maximum Gasteiger partial charge on any atom is 0.325 e. The molecule has 0 spiro atoms. The van der Waals surface area contributed by atoms with Gasteiger partial charge in [-0.2, -0.15) is 0 Å². The maximum absolute atomic E-state index is 10.7. The number of hydrogen-bond donors (Lipinski definition) is 5. The maximum atomic E-state index is 10.7. The van der Waals surface area contributed by atoms with Crippen LogP contribution in [-0.4, -0.2) is 43.0 Å². The van der Waals surface area contributed by atoms with E-state index in [4.69, 9.17) is 24.7 Å². The molecule has 0 heterocycles. The van der Waals surface area contributed by atoms with Gasteiger partial charge in [0.05, 0.1) is 18.7 Å². The van der Waals surface area contributed by atoms with Crippen LogP contribution >= 0.6 is 15.2 Å². The van der Waals surface area contributed by atoms with Gasteiger partial charge >= 0.3 is 21.2 Å². The summed E-state index contributed by atoms with van der Waals surface area (Å²) in [5, 5.41) is 7.84. The predicted octanol–water partition coefficient (Wildman–Crippen LogP) is 5.41. The molecule has 0 amide bonds. The third-order valence-electron chi connectivity index (χ3n) is 4.40. The Labute approximate surface area is 182 Å². The highest BCUT2D eigenvalue weighted by atomic mass is 31.2. The van der Waals surface area contributed by atoms with Crippen LogP contribution in [0.2, 0.25) is 0 Å². The van der Waals surface area contributed by atoms with Crippen molar-refractivity contribution in [2.24, 2.45) is 11.8 Å². The first-order valence-electron chi connectivity index (χ1n) is 10.7. The smallest absolute Gasteiger partial charge is 0.325 e. The molecular weight excluding hydrogens is 430 g/mol. The van der Waals surface area contributed by atoms with E-state index in [1.165, 1.54) is 6.08 Å². The van der Waals surface area contributed by atoms with Crippen LogP contribution in [0.1, 0.15) is 85.5 Å². The SMILES string of the molecule is C=CCC(=O)O.CCCCC(CC)CP(=O)(O)O.CCCCC(CC)CP(=O)(O)O. The summed E-state index contributed by atoms with van der Waals surface area (Å²) in [6.45, 7) is 11.4. The van der Waals surface area contributed by atoms with Crippen LogP contribution in [0.5, 0.6) is 0 Å². The van der Waals surface area contributed by atoms with Crippen molar-refractivity contribution >= 4 is 21.2 Å². The fourth-order valence-corrected chi connectivity index (χ4v) is 4.86. The summed E-state index contributed by atoms with van der Waals surface area (Å²) < 4.78 is 21.3. The van der Waals surface area contributed by atoms with E-state index in [1.807, 2.05) is 13.8 Å². The van der Waals surface area contributed by atoms with Crippen LogP contribution in [0.25, 0.3) is 0 Å². The summed E-state index contributed by atoms with van der Waals surface area (Å²) in [7, 11) is -7.56. The predicted molar refractivity (Wildman–Crippen MR) is 123 cm³/mol. The number of carboxylic acids is 1. The molecule has 182 valence electrons. The number of carboxylic acid groups (broad SMARTS) is 1. The molecule has 0 saturated heterocycles. The number of rotatable bonds is 14. The van der Waals surface area contributed by atoms with Crippen molar-refractivity contribution in [1.29, 1.82) is 0 Å². The van der Waals surface area contributed by atoms with Crippen molar-refractivity contribution in [3.63, 3.8) is 0 Å². The summed E-state index contributed by atoms with van der Waals surface area (Å²) in [6.07, 6.45) is 9.47. The molecule has 0 aromatic rings. The molecule has 0 saturated carbocycles. The summed E-state index contributed by atoms with van der Waals surface area (Å²) in [5.41, 5.74) is 0. The van der Waals surface area contributed by atoms with Crippen LogP contribution in [0, 0.1) is 11.8 Å². The minimum absolute atomic E-state index is 0.0556. The number of carbonyl (C=O) groups is 1. The van der Waals surface area contributed by atoms with Gasteiger partial charge in [-0.15, -0.1) is 6.58 Å². The fourth-order valence-electron chi connectivity index (χ4n) is 2.63. The zero-order valence-electron chi connectivity index (χ0n) is 19.1. The van der Waals surface area contributed by atoms with Crippen molar-refractivity contribution in [1.82, 2.24) is 0 Å². The Morgan fingerprint density at radius 3 is 1.30 bits per heavy atom. The van der Waals surface area contributed by atoms with Crippen molar-refractivity contribution in [2.75, 3.05) is 12.3 Å². The topological polar surface area (TPSA) is 152 Å². The lowest BCUT2D eigenvalue weighted by molar-refractivity contribution is -0.136. The second kappa shape index (κ2) is 20.4. The Balaban J connectivity index is -0.000000386. The van der Waals surface area contributed by atoms with Gasteiger partial charge in [-0.3, -0.25) is 13.9 Å². The summed E-state index contributed by atoms with van der Waals surface area (Å²) in [6, 6.07) is 0. The van der Waals surface area contributed by atoms with Gasteiger partial charge in [-0.1, -0.05) is 72.3 Å². The minimum Gasteiger partial charge on any atom is -0.481 e. The Morgan fingerprint density at radius 1 is 0.833 bits per heavy atom. The molecule has 0 aromatic carbocycles. The molecule has 5 N–H and O–H groups in total. The van der Waals surface area contributed by atoms with Gasteiger partial charge in [-0.25, -0.2) is 0 Å². The lowest BCUT2D eigenvalue weighted by Gasteiger charge is -2.14. The van der Waals surface area contributed by atoms with Crippen molar-refractivity contribution in [3.05, 3.63) is 12.7 Å². The molecule has 8 nitrogen and oxygen atoms in total. The lowest BCUT2D eigenvalue weighted by Crippen LogP contribution is -2.05. The van der Waals surface area contributed by atoms with Gasteiger partial charge < -0.3 is 24.7 Å². The number of aliphatic carboxylic acids is 1. The van der Waals surface area contributed by atoms with E-state index < -0.39 is 21.2 Å². The number of unbranched alkanes of at least 4 members (excludes halogenated alkanes) is 2. The third kappa shape index (κ3) is 32.2. The van der Waals surface area contributed by atoms with Gasteiger partial charge in [-0.05, 0) is 24.7 Å². The highest BCUT2D eigenvalue weighted by Gasteiger charge is 2.20. The molecule has 0 aliphatic rings. The van der Waals surface area contributed by atoms with Gasteiger partial charge in [0.2, 0.25) is 0 Å². The van der Waals surface area contributed by atoms with E-state index in [-0.39, 0.29) is 30.6 Å². The van der Waals surface area contributed by atoms with E-state index in [2.05, 4.69) is 20.4 Å². The first-order valence-corrected chi connectivity index (χ1v) is 14.3. The molecule has 2 unspecified atom stereocenters. The number of hydrogen-bond acceptors (Lipinski definition) is 3. The molecule has 30 heavy (non-hydrogen) atoms. The van der Waals surface area contributed by atoms with Crippen LogP contribution < -0.4 is 0 Å². The van der Waals surface area contributed by atoms with E-state index in [1.54, 1.807) is 0 Å². The normalized spacial score (nSPS) is 13.2.